The van der Waals surface area contributed by atoms with Crippen molar-refractivity contribution in [1.82, 2.24) is 4.98 Å². The van der Waals surface area contributed by atoms with E-state index >= 15 is 0 Å². The first-order valence-electron chi connectivity index (χ1n) is 4.36. The minimum Gasteiger partial charge on any atom is -0.361 e. The van der Waals surface area contributed by atoms with Crippen LogP contribution in [0.1, 0.15) is 5.56 Å². The molecule has 1 aromatic heterocycles. The summed E-state index contributed by atoms with van der Waals surface area (Å²) < 4.78 is 1.04. The smallest absolute Gasteiger partial charge is 0.0870 e. The number of pyridine rings is 1. The molecule has 68 valence electrons. The molecule has 0 atom stereocenters. The van der Waals surface area contributed by atoms with E-state index in [1.165, 1.54) is 10.9 Å². The molecule has 1 aromatic carbocycles. The highest BCUT2D eigenvalue weighted by atomic mass is 79.9. The lowest BCUT2D eigenvalue weighted by atomic mass is 10.1. The van der Waals surface area contributed by atoms with Crippen LogP contribution in [0.2, 0.25) is 0 Å². The third-order valence-corrected chi connectivity index (χ3v) is 3.02. The van der Waals surface area contributed by atoms with Crippen LogP contribution in [-0.4, -0.2) is 4.98 Å². The number of aromatic nitrogens is 1. The maximum atomic E-state index is 4.36. The molecule has 0 radical (unpaired) electrons. The monoisotopic (exact) mass is 246 g/mol. The molecule has 0 amide bonds. The van der Waals surface area contributed by atoms with Crippen LogP contribution < -0.4 is 5.32 Å². The fourth-order valence-electron chi connectivity index (χ4n) is 1.74. The molecule has 2 aromatic rings. The molecule has 1 aliphatic heterocycles. The van der Waals surface area contributed by atoms with E-state index in [2.05, 4.69) is 38.4 Å². The third-order valence-electron chi connectivity index (χ3n) is 2.38. The Morgan fingerprint density at radius 2 is 2.14 bits per heavy atom. The summed E-state index contributed by atoms with van der Waals surface area (Å²) in [5.74, 6) is 0. The summed E-state index contributed by atoms with van der Waals surface area (Å²) in [5, 5.41) is 4.40. The predicted octanol–water partition coefficient (Wildman–Crippen LogP) is 3.39. The van der Waals surface area contributed by atoms with Crippen molar-refractivity contribution < 1.29 is 0 Å². The van der Waals surface area contributed by atoms with Crippen LogP contribution in [0.25, 0.3) is 17.0 Å². The summed E-state index contributed by atoms with van der Waals surface area (Å²) in [4.78, 5) is 4.36. The van der Waals surface area contributed by atoms with Crippen LogP contribution in [0.15, 0.2) is 35.1 Å². The van der Waals surface area contributed by atoms with Gasteiger partial charge >= 0.3 is 0 Å². The molecule has 1 N–H and O–H groups in total. The maximum absolute atomic E-state index is 4.36. The van der Waals surface area contributed by atoms with E-state index in [9.17, 15) is 0 Å². The number of rotatable bonds is 0. The Labute approximate surface area is 89.8 Å². The van der Waals surface area contributed by atoms with Gasteiger partial charge in [-0.25, -0.2) is 0 Å². The summed E-state index contributed by atoms with van der Waals surface area (Å²) in [5.41, 5.74) is 3.34. The Balaban J connectivity index is 2.56. The summed E-state index contributed by atoms with van der Waals surface area (Å²) >= 11 is 3.50. The van der Waals surface area contributed by atoms with E-state index in [-0.39, 0.29) is 0 Å². The van der Waals surface area contributed by atoms with Gasteiger partial charge in [-0.2, -0.15) is 0 Å². The van der Waals surface area contributed by atoms with Gasteiger partial charge in [0, 0.05) is 27.9 Å². The minimum atomic E-state index is 1.01. The zero-order chi connectivity index (χ0) is 9.54. The fraction of sp³-hybridized carbons (Fsp3) is 0. The van der Waals surface area contributed by atoms with Crippen LogP contribution in [0.3, 0.4) is 0 Å². The maximum Gasteiger partial charge on any atom is 0.0870 e. The van der Waals surface area contributed by atoms with E-state index in [0.29, 0.717) is 0 Å². The zero-order valence-electron chi connectivity index (χ0n) is 7.29. The van der Waals surface area contributed by atoms with Gasteiger partial charge in [-0.3, -0.25) is 4.98 Å². The Kier molecular flexibility index (Phi) is 1.61. The van der Waals surface area contributed by atoms with Gasteiger partial charge in [0.1, 0.15) is 0 Å². The number of nitrogens with zero attached hydrogens (tertiary/aromatic N) is 1. The van der Waals surface area contributed by atoms with Crippen molar-refractivity contribution in [2.24, 2.45) is 0 Å². The van der Waals surface area contributed by atoms with Crippen LogP contribution >= 0.6 is 15.9 Å². The number of hydrogen-bond acceptors (Lipinski definition) is 2. The van der Waals surface area contributed by atoms with Crippen molar-refractivity contribution in [1.29, 1.82) is 0 Å². The molecule has 0 fully saturated rings. The molecule has 0 saturated carbocycles. The summed E-state index contributed by atoms with van der Waals surface area (Å²) in [6.45, 7) is 0. The van der Waals surface area contributed by atoms with Crippen molar-refractivity contribution in [2.45, 2.75) is 0 Å². The lowest BCUT2D eigenvalue weighted by Crippen LogP contribution is -1.97. The van der Waals surface area contributed by atoms with Crippen molar-refractivity contribution >= 4 is 38.6 Å². The fourth-order valence-corrected chi connectivity index (χ4v) is 2.17. The Bertz CT molecular complexity index is 546. The first-order valence-corrected chi connectivity index (χ1v) is 5.16. The molecular weight excluding hydrogens is 240 g/mol. The largest absolute Gasteiger partial charge is 0.361 e. The van der Waals surface area contributed by atoms with Crippen LogP contribution in [0.4, 0.5) is 5.69 Å². The molecule has 0 unspecified atom stereocenters. The Hall–Kier alpha value is -1.35. The van der Waals surface area contributed by atoms with Gasteiger partial charge in [-0.05, 0) is 45.8 Å². The molecule has 0 aliphatic carbocycles. The highest BCUT2D eigenvalue weighted by Crippen LogP contribution is 2.33. The SMILES string of the molecule is Brc1ccc2c3c(ccnc13)C=CN2. The van der Waals surface area contributed by atoms with Gasteiger partial charge in [-0.15, -0.1) is 0 Å². The number of halogens is 1. The van der Waals surface area contributed by atoms with Crippen molar-refractivity contribution in [3.63, 3.8) is 0 Å². The van der Waals surface area contributed by atoms with Crippen molar-refractivity contribution in [3.8, 4) is 0 Å². The van der Waals surface area contributed by atoms with Crippen LogP contribution in [-0.2, 0) is 0 Å². The molecule has 2 nitrogen and oxygen atoms in total. The topological polar surface area (TPSA) is 24.9 Å². The second-order valence-electron chi connectivity index (χ2n) is 3.20. The molecule has 0 bridgehead atoms. The number of benzene rings is 1. The zero-order valence-corrected chi connectivity index (χ0v) is 8.88. The summed E-state index contributed by atoms with van der Waals surface area (Å²) in [6, 6.07) is 6.09. The molecule has 1 aliphatic rings. The second kappa shape index (κ2) is 2.82. The number of anilines is 1. The van der Waals surface area contributed by atoms with E-state index in [0.717, 1.165) is 15.7 Å². The standard InChI is InChI=1S/C11H7BrN2/c12-8-1-2-9-10-7(3-5-13-9)4-6-14-11(8)10/h1-6,13H. The van der Waals surface area contributed by atoms with Gasteiger partial charge in [0.05, 0.1) is 5.52 Å². The number of hydrogen-bond donors (Lipinski definition) is 1. The lowest BCUT2D eigenvalue weighted by Gasteiger charge is -2.13. The van der Waals surface area contributed by atoms with Gasteiger partial charge < -0.3 is 5.32 Å². The third kappa shape index (κ3) is 0.990. The van der Waals surface area contributed by atoms with Crippen LogP contribution in [0.5, 0.6) is 0 Å². The minimum absolute atomic E-state index is 1.01. The normalized spacial score (nSPS) is 12.9. The highest BCUT2D eigenvalue weighted by Gasteiger charge is 2.10. The van der Waals surface area contributed by atoms with E-state index in [1.54, 1.807) is 0 Å². The van der Waals surface area contributed by atoms with Gasteiger partial charge in [0.2, 0.25) is 0 Å². The average molecular weight is 247 g/mol. The van der Waals surface area contributed by atoms with Gasteiger partial charge in [0.15, 0.2) is 0 Å². The van der Waals surface area contributed by atoms with E-state index < -0.39 is 0 Å². The molecule has 14 heavy (non-hydrogen) atoms. The van der Waals surface area contributed by atoms with Gasteiger partial charge in [0.25, 0.3) is 0 Å². The first kappa shape index (κ1) is 8.00. The van der Waals surface area contributed by atoms with E-state index in [4.69, 9.17) is 0 Å². The molecule has 3 heteroatoms. The molecule has 0 saturated heterocycles. The Morgan fingerprint density at radius 1 is 1.21 bits per heavy atom. The van der Waals surface area contributed by atoms with Crippen LogP contribution in [0, 0.1) is 0 Å². The molecular formula is C11H7BrN2. The Morgan fingerprint density at radius 3 is 3.07 bits per heavy atom. The molecule has 0 spiro atoms. The quantitative estimate of drug-likeness (QED) is 0.771. The van der Waals surface area contributed by atoms with Gasteiger partial charge in [-0.1, -0.05) is 0 Å². The average Bonchev–Trinajstić information content (AvgIpc) is 2.24. The highest BCUT2D eigenvalue weighted by molar-refractivity contribution is 9.10. The lowest BCUT2D eigenvalue weighted by molar-refractivity contribution is 1.38. The van der Waals surface area contributed by atoms with E-state index in [1.807, 2.05) is 24.5 Å². The van der Waals surface area contributed by atoms with Crippen molar-refractivity contribution in [2.75, 3.05) is 5.32 Å². The predicted molar refractivity (Wildman–Crippen MR) is 62.1 cm³/mol. The number of nitrogens with one attached hydrogen (secondary N) is 1. The molecule has 2 heterocycles. The molecule has 3 rings (SSSR count). The van der Waals surface area contributed by atoms with Crippen molar-refractivity contribution in [3.05, 3.63) is 40.6 Å². The second-order valence-corrected chi connectivity index (χ2v) is 4.05. The first-order chi connectivity index (χ1) is 6.86. The summed E-state index contributed by atoms with van der Waals surface area (Å²) in [6.07, 6.45) is 5.84. The summed E-state index contributed by atoms with van der Waals surface area (Å²) in [7, 11) is 0.